The maximum absolute atomic E-state index is 14.0. The molecule has 4 nitrogen and oxygen atoms in total. The second-order valence-corrected chi connectivity index (χ2v) is 7.05. The van der Waals surface area contributed by atoms with Crippen molar-refractivity contribution in [3.8, 4) is 0 Å². The standard InChI is InChI=1S/C16H25FO4/c1-9(2)5-6-11-15(3,21-11)14-13(19-4)12(18)10(17)7-16(14)8-20-16/h5,10-14,18H,6-8H2,1-4H3/t10-,11+,12+,13+,14+,15?,16-/m0/s1. The molecule has 0 aromatic heterocycles. The number of hydrogen-bond donors (Lipinski definition) is 1. The Morgan fingerprint density at radius 3 is 2.67 bits per heavy atom. The molecule has 0 aromatic carbocycles. The molecule has 1 saturated carbocycles. The van der Waals surface area contributed by atoms with Crippen molar-refractivity contribution in [2.24, 2.45) is 5.92 Å². The van der Waals surface area contributed by atoms with E-state index in [0.29, 0.717) is 6.61 Å². The van der Waals surface area contributed by atoms with Crippen molar-refractivity contribution >= 4 is 0 Å². The van der Waals surface area contributed by atoms with Crippen molar-refractivity contribution in [3.63, 3.8) is 0 Å². The van der Waals surface area contributed by atoms with E-state index in [4.69, 9.17) is 14.2 Å². The van der Waals surface area contributed by atoms with Crippen molar-refractivity contribution in [1.29, 1.82) is 0 Å². The summed E-state index contributed by atoms with van der Waals surface area (Å²) in [6, 6.07) is 0. The quantitative estimate of drug-likeness (QED) is 0.637. The minimum absolute atomic E-state index is 0.0829. The first-order valence-electron chi connectivity index (χ1n) is 7.64. The van der Waals surface area contributed by atoms with Crippen LogP contribution in [0.4, 0.5) is 4.39 Å². The van der Waals surface area contributed by atoms with Gasteiger partial charge in [-0.25, -0.2) is 4.39 Å². The first kappa shape index (κ1) is 15.4. The monoisotopic (exact) mass is 300 g/mol. The first-order chi connectivity index (χ1) is 9.84. The molecule has 5 heteroatoms. The van der Waals surface area contributed by atoms with Crippen LogP contribution in [0.5, 0.6) is 0 Å². The van der Waals surface area contributed by atoms with Crippen LogP contribution in [0.3, 0.4) is 0 Å². The minimum atomic E-state index is -1.30. The van der Waals surface area contributed by atoms with Crippen LogP contribution >= 0.6 is 0 Å². The van der Waals surface area contributed by atoms with E-state index >= 15 is 0 Å². The number of alkyl halides is 1. The molecule has 1 spiro atoms. The Morgan fingerprint density at radius 1 is 1.48 bits per heavy atom. The molecule has 3 fully saturated rings. The summed E-state index contributed by atoms with van der Waals surface area (Å²) < 4.78 is 31.0. The summed E-state index contributed by atoms with van der Waals surface area (Å²) in [5.41, 5.74) is 0.318. The Kier molecular flexibility index (Phi) is 3.68. The number of aliphatic hydroxyl groups is 1. The molecule has 3 rings (SSSR count). The highest BCUT2D eigenvalue weighted by atomic mass is 19.1. The number of halogens is 1. The van der Waals surface area contributed by atoms with Gasteiger partial charge in [0.1, 0.15) is 23.5 Å². The highest BCUT2D eigenvalue weighted by Crippen LogP contribution is 2.59. The Labute approximate surface area is 125 Å². The van der Waals surface area contributed by atoms with Crippen molar-refractivity contribution in [1.82, 2.24) is 0 Å². The normalized spacial score (nSPS) is 51.8. The van der Waals surface area contributed by atoms with Gasteiger partial charge < -0.3 is 19.3 Å². The molecule has 120 valence electrons. The molecule has 1 unspecified atom stereocenters. The minimum Gasteiger partial charge on any atom is -0.387 e. The van der Waals surface area contributed by atoms with Gasteiger partial charge in [0.2, 0.25) is 0 Å². The topological polar surface area (TPSA) is 54.5 Å². The van der Waals surface area contributed by atoms with Gasteiger partial charge >= 0.3 is 0 Å². The SMILES string of the molecule is CO[C@@H]1[C@H](O)[C@@H](F)C[C@]2(CO2)[C@H]1C1(C)O[C@@H]1CC=C(C)C. The molecule has 0 bridgehead atoms. The van der Waals surface area contributed by atoms with Crippen LogP contribution in [0.25, 0.3) is 0 Å². The van der Waals surface area contributed by atoms with Crippen LogP contribution in [-0.4, -0.2) is 54.5 Å². The summed E-state index contributed by atoms with van der Waals surface area (Å²) in [5, 5.41) is 10.1. The van der Waals surface area contributed by atoms with Gasteiger partial charge in [-0.1, -0.05) is 11.6 Å². The molecule has 21 heavy (non-hydrogen) atoms. The second-order valence-electron chi connectivity index (χ2n) is 7.05. The highest BCUT2D eigenvalue weighted by molar-refractivity contribution is 5.21. The number of aliphatic hydroxyl groups excluding tert-OH is 1. The van der Waals surface area contributed by atoms with Crippen LogP contribution in [0.15, 0.2) is 11.6 Å². The Morgan fingerprint density at radius 2 is 2.14 bits per heavy atom. The summed E-state index contributed by atoms with van der Waals surface area (Å²) in [5.74, 6) is -0.132. The smallest absolute Gasteiger partial charge is 0.131 e. The molecule has 3 aliphatic rings. The molecule has 2 heterocycles. The van der Waals surface area contributed by atoms with E-state index in [1.165, 1.54) is 12.7 Å². The summed E-state index contributed by atoms with van der Waals surface area (Å²) in [6.45, 7) is 6.67. The molecule has 1 N–H and O–H groups in total. The predicted octanol–water partition coefficient (Wildman–Crippen LogP) is 2.00. The van der Waals surface area contributed by atoms with E-state index in [0.717, 1.165) is 6.42 Å². The van der Waals surface area contributed by atoms with Crippen LogP contribution in [0, 0.1) is 5.92 Å². The van der Waals surface area contributed by atoms with Gasteiger partial charge in [-0.15, -0.1) is 0 Å². The molecular weight excluding hydrogens is 275 g/mol. The number of epoxide rings is 2. The van der Waals surface area contributed by atoms with Crippen LogP contribution in [0.1, 0.15) is 33.6 Å². The fourth-order valence-electron chi connectivity index (χ4n) is 3.97. The summed E-state index contributed by atoms with van der Waals surface area (Å²) in [4.78, 5) is 0. The molecule has 0 radical (unpaired) electrons. The van der Waals surface area contributed by atoms with Crippen molar-refractivity contribution in [2.75, 3.05) is 13.7 Å². The molecule has 2 saturated heterocycles. The van der Waals surface area contributed by atoms with Crippen LogP contribution in [0.2, 0.25) is 0 Å². The van der Waals surface area contributed by atoms with E-state index in [9.17, 15) is 9.50 Å². The largest absolute Gasteiger partial charge is 0.387 e. The number of allylic oxidation sites excluding steroid dienone is 1. The van der Waals surface area contributed by atoms with Crippen molar-refractivity contribution < 1.29 is 23.7 Å². The average Bonchev–Trinajstić information content (AvgIpc) is 3.31. The van der Waals surface area contributed by atoms with Gasteiger partial charge in [0.15, 0.2) is 0 Å². The second kappa shape index (κ2) is 5.01. The van der Waals surface area contributed by atoms with E-state index < -0.39 is 29.6 Å². The fraction of sp³-hybridized carbons (Fsp3) is 0.875. The van der Waals surface area contributed by atoms with E-state index in [1.54, 1.807) is 0 Å². The Balaban J connectivity index is 1.81. The third-order valence-corrected chi connectivity index (χ3v) is 5.27. The van der Waals surface area contributed by atoms with Crippen molar-refractivity contribution in [3.05, 3.63) is 11.6 Å². The maximum atomic E-state index is 14.0. The van der Waals surface area contributed by atoms with Crippen molar-refractivity contribution in [2.45, 2.75) is 69.3 Å². The number of rotatable bonds is 4. The Hall–Kier alpha value is -0.490. The number of hydrogen-bond acceptors (Lipinski definition) is 4. The number of ether oxygens (including phenoxy) is 3. The summed E-state index contributed by atoms with van der Waals surface area (Å²) >= 11 is 0. The molecule has 0 amide bonds. The Bertz CT molecular complexity index is 444. The van der Waals surface area contributed by atoms with Gasteiger partial charge in [0.05, 0.1) is 24.7 Å². The van der Waals surface area contributed by atoms with Gasteiger partial charge in [-0.3, -0.25) is 0 Å². The third kappa shape index (κ3) is 2.44. The van der Waals surface area contributed by atoms with Gasteiger partial charge in [0.25, 0.3) is 0 Å². The molecular formula is C16H25FO4. The van der Waals surface area contributed by atoms with Gasteiger partial charge in [-0.2, -0.15) is 0 Å². The maximum Gasteiger partial charge on any atom is 0.131 e. The molecule has 0 aromatic rings. The van der Waals surface area contributed by atoms with Crippen LogP contribution < -0.4 is 0 Å². The van der Waals surface area contributed by atoms with E-state index in [-0.39, 0.29) is 18.4 Å². The first-order valence-corrected chi connectivity index (χ1v) is 7.64. The van der Waals surface area contributed by atoms with Crippen LogP contribution in [-0.2, 0) is 14.2 Å². The lowest BCUT2D eigenvalue weighted by molar-refractivity contribution is -0.144. The highest BCUT2D eigenvalue weighted by Gasteiger charge is 2.73. The lowest BCUT2D eigenvalue weighted by atomic mass is 9.67. The van der Waals surface area contributed by atoms with E-state index in [2.05, 4.69) is 19.9 Å². The average molecular weight is 300 g/mol. The summed E-state index contributed by atoms with van der Waals surface area (Å²) in [7, 11) is 1.52. The fourth-order valence-corrected chi connectivity index (χ4v) is 3.97. The molecule has 1 aliphatic carbocycles. The lowest BCUT2D eigenvalue weighted by Crippen LogP contribution is -2.58. The van der Waals surface area contributed by atoms with Gasteiger partial charge in [-0.05, 0) is 27.2 Å². The van der Waals surface area contributed by atoms with Gasteiger partial charge in [0, 0.05) is 13.5 Å². The predicted molar refractivity (Wildman–Crippen MR) is 75.8 cm³/mol. The zero-order valence-electron chi connectivity index (χ0n) is 13.1. The molecule has 2 aliphatic heterocycles. The third-order valence-electron chi connectivity index (χ3n) is 5.27. The lowest BCUT2D eigenvalue weighted by Gasteiger charge is -2.42. The number of methoxy groups -OCH3 is 1. The summed E-state index contributed by atoms with van der Waals surface area (Å²) in [6.07, 6.45) is 0.295. The molecule has 7 atom stereocenters. The zero-order valence-corrected chi connectivity index (χ0v) is 13.1. The zero-order chi connectivity index (χ0) is 15.4. The van der Waals surface area contributed by atoms with E-state index in [1.807, 2.05) is 6.92 Å².